The molecule has 0 aliphatic heterocycles. The van der Waals surface area contributed by atoms with Gasteiger partial charge in [-0.1, -0.05) is 31.5 Å². The number of guanidine groups is 1. The number of aliphatic imine (C=N–C) groups is 1. The second-order valence-electron chi connectivity index (χ2n) is 5.24. The van der Waals surface area contributed by atoms with Gasteiger partial charge in [-0.3, -0.25) is 4.99 Å². The van der Waals surface area contributed by atoms with Crippen LogP contribution < -0.4 is 11.1 Å². The molecule has 112 valence electrons. The first-order valence-corrected chi connectivity index (χ1v) is 6.97. The van der Waals surface area contributed by atoms with Crippen molar-refractivity contribution in [3.05, 3.63) is 35.6 Å². The maximum atomic E-state index is 13.8. The van der Waals surface area contributed by atoms with Gasteiger partial charge >= 0.3 is 0 Å². The second-order valence-corrected chi connectivity index (χ2v) is 5.24. The van der Waals surface area contributed by atoms with Crippen molar-refractivity contribution in [2.45, 2.75) is 38.0 Å². The fourth-order valence-electron chi connectivity index (χ4n) is 2.24. The van der Waals surface area contributed by atoms with Gasteiger partial charge < -0.3 is 11.1 Å². The fraction of sp³-hybridized carbons (Fsp3) is 0.533. The summed E-state index contributed by atoms with van der Waals surface area (Å²) in [5.74, 6) is 0.337. The van der Waals surface area contributed by atoms with Crippen molar-refractivity contribution in [2.24, 2.45) is 10.7 Å². The highest BCUT2D eigenvalue weighted by Crippen LogP contribution is 2.49. The van der Waals surface area contributed by atoms with Gasteiger partial charge in [-0.05, 0) is 30.9 Å². The van der Waals surface area contributed by atoms with Crippen LogP contribution in [-0.2, 0) is 5.41 Å². The summed E-state index contributed by atoms with van der Waals surface area (Å²) in [5, 5.41) is 3.08. The Morgan fingerprint density at radius 1 is 1.40 bits per heavy atom. The zero-order valence-corrected chi connectivity index (χ0v) is 14.2. The number of unbranched alkanes of at least 4 members (excludes halogenated alkanes) is 1. The smallest absolute Gasteiger partial charge is 0.188 e. The molecule has 20 heavy (non-hydrogen) atoms. The van der Waals surface area contributed by atoms with Crippen LogP contribution in [0.3, 0.4) is 0 Å². The Morgan fingerprint density at radius 2 is 2.10 bits per heavy atom. The predicted molar refractivity (Wildman–Crippen MR) is 92.1 cm³/mol. The molecule has 2 rings (SSSR count). The normalized spacial score (nSPS) is 16.4. The minimum absolute atomic E-state index is 0. The van der Waals surface area contributed by atoms with Crippen molar-refractivity contribution in [2.75, 3.05) is 13.1 Å². The zero-order chi connectivity index (χ0) is 13.7. The second kappa shape index (κ2) is 7.81. The highest BCUT2D eigenvalue weighted by molar-refractivity contribution is 14.0. The average molecular weight is 391 g/mol. The Balaban J connectivity index is 0.00000200. The molecule has 0 amide bonds. The van der Waals surface area contributed by atoms with Gasteiger partial charge in [-0.25, -0.2) is 4.39 Å². The maximum absolute atomic E-state index is 13.8. The third kappa shape index (κ3) is 4.33. The molecule has 1 aromatic rings. The first-order valence-electron chi connectivity index (χ1n) is 6.97. The molecule has 1 fully saturated rings. The molecule has 0 heterocycles. The summed E-state index contributed by atoms with van der Waals surface area (Å²) in [7, 11) is 0. The van der Waals surface area contributed by atoms with Crippen molar-refractivity contribution in [1.29, 1.82) is 0 Å². The molecule has 1 aliphatic carbocycles. The Kier molecular flexibility index (Phi) is 6.71. The molecule has 3 nitrogen and oxygen atoms in total. The molecule has 0 aromatic heterocycles. The third-order valence-electron chi connectivity index (χ3n) is 3.69. The number of halogens is 2. The van der Waals surface area contributed by atoms with Crippen LogP contribution in [0.1, 0.15) is 38.2 Å². The van der Waals surface area contributed by atoms with Crippen LogP contribution in [-0.4, -0.2) is 19.0 Å². The van der Waals surface area contributed by atoms with E-state index in [1.165, 1.54) is 6.07 Å². The Bertz CT molecular complexity index is 458. The van der Waals surface area contributed by atoms with E-state index >= 15 is 0 Å². The van der Waals surface area contributed by atoms with E-state index in [1.54, 1.807) is 6.07 Å². The van der Waals surface area contributed by atoms with E-state index < -0.39 is 0 Å². The quantitative estimate of drug-likeness (QED) is 0.339. The Labute approximate surface area is 137 Å². The van der Waals surface area contributed by atoms with Crippen LogP contribution in [0.15, 0.2) is 29.3 Å². The van der Waals surface area contributed by atoms with Gasteiger partial charge in [0, 0.05) is 12.0 Å². The molecule has 1 saturated carbocycles. The van der Waals surface area contributed by atoms with E-state index in [9.17, 15) is 4.39 Å². The lowest BCUT2D eigenvalue weighted by Gasteiger charge is -2.14. The molecule has 0 atom stereocenters. The van der Waals surface area contributed by atoms with Gasteiger partial charge in [-0.15, -0.1) is 24.0 Å². The van der Waals surface area contributed by atoms with Crippen LogP contribution >= 0.6 is 24.0 Å². The van der Waals surface area contributed by atoms with Crippen molar-refractivity contribution in [3.8, 4) is 0 Å². The molecule has 0 bridgehead atoms. The molecular weight excluding hydrogens is 368 g/mol. The van der Waals surface area contributed by atoms with Crippen LogP contribution in [0.2, 0.25) is 0 Å². The van der Waals surface area contributed by atoms with E-state index in [-0.39, 0.29) is 35.2 Å². The molecule has 0 spiro atoms. The first-order chi connectivity index (χ1) is 9.18. The van der Waals surface area contributed by atoms with Gasteiger partial charge in [0.15, 0.2) is 5.96 Å². The number of hydrogen-bond acceptors (Lipinski definition) is 1. The Hall–Kier alpha value is -0.850. The lowest BCUT2D eigenvalue weighted by Crippen LogP contribution is -2.33. The molecule has 5 heteroatoms. The standard InChI is InChI=1S/C15H22FN3.HI/c1-2-3-10-18-14(17)19-11-15(8-9-15)12-6-4-5-7-13(12)16;/h4-7H,2-3,8-11H2,1H3,(H3,17,18,19);1H. The molecule has 1 aliphatic rings. The monoisotopic (exact) mass is 391 g/mol. The van der Waals surface area contributed by atoms with E-state index in [0.717, 1.165) is 37.8 Å². The molecular formula is C15H23FIN3. The lowest BCUT2D eigenvalue weighted by atomic mass is 9.95. The zero-order valence-electron chi connectivity index (χ0n) is 11.9. The average Bonchev–Trinajstić information content (AvgIpc) is 3.18. The molecule has 0 radical (unpaired) electrons. The molecule has 3 N–H and O–H groups in total. The predicted octanol–water partition coefficient (Wildman–Crippen LogP) is 3.18. The number of benzene rings is 1. The summed E-state index contributed by atoms with van der Waals surface area (Å²) < 4.78 is 13.8. The fourth-order valence-corrected chi connectivity index (χ4v) is 2.24. The number of nitrogens with zero attached hydrogens (tertiary/aromatic N) is 1. The summed E-state index contributed by atoms with van der Waals surface area (Å²) in [6.07, 6.45) is 4.17. The lowest BCUT2D eigenvalue weighted by molar-refractivity contribution is 0.572. The van der Waals surface area contributed by atoms with Crippen molar-refractivity contribution in [1.82, 2.24) is 5.32 Å². The van der Waals surface area contributed by atoms with Gasteiger partial charge in [0.05, 0.1) is 6.54 Å². The Morgan fingerprint density at radius 3 is 2.70 bits per heavy atom. The van der Waals surface area contributed by atoms with Crippen LogP contribution in [0.25, 0.3) is 0 Å². The summed E-state index contributed by atoms with van der Waals surface area (Å²) in [4.78, 5) is 4.36. The molecule has 0 unspecified atom stereocenters. The largest absolute Gasteiger partial charge is 0.370 e. The highest BCUT2D eigenvalue weighted by atomic mass is 127. The summed E-state index contributed by atoms with van der Waals surface area (Å²) in [5.41, 5.74) is 6.47. The third-order valence-corrected chi connectivity index (χ3v) is 3.69. The SMILES string of the molecule is CCCCNC(N)=NCC1(c2ccccc2F)CC1.I. The van der Waals surface area contributed by atoms with E-state index in [2.05, 4.69) is 17.2 Å². The van der Waals surface area contributed by atoms with Gasteiger partial charge in [0.25, 0.3) is 0 Å². The van der Waals surface area contributed by atoms with E-state index in [1.807, 2.05) is 12.1 Å². The van der Waals surface area contributed by atoms with Gasteiger partial charge in [0.2, 0.25) is 0 Å². The number of rotatable bonds is 6. The van der Waals surface area contributed by atoms with E-state index in [4.69, 9.17) is 5.73 Å². The number of nitrogens with two attached hydrogens (primary N) is 1. The summed E-state index contributed by atoms with van der Waals surface area (Å²) >= 11 is 0. The minimum atomic E-state index is -0.132. The molecule has 1 aromatic carbocycles. The number of hydrogen-bond donors (Lipinski definition) is 2. The van der Waals surface area contributed by atoms with Crippen molar-refractivity contribution in [3.63, 3.8) is 0 Å². The minimum Gasteiger partial charge on any atom is -0.370 e. The van der Waals surface area contributed by atoms with E-state index in [0.29, 0.717) is 12.5 Å². The maximum Gasteiger partial charge on any atom is 0.188 e. The number of nitrogens with one attached hydrogen (secondary N) is 1. The van der Waals surface area contributed by atoms with Gasteiger partial charge in [0.1, 0.15) is 5.82 Å². The van der Waals surface area contributed by atoms with Crippen LogP contribution in [0.4, 0.5) is 4.39 Å². The van der Waals surface area contributed by atoms with Crippen molar-refractivity contribution >= 4 is 29.9 Å². The topological polar surface area (TPSA) is 50.4 Å². The van der Waals surface area contributed by atoms with Crippen molar-refractivity contribution < 1.29 is 4.39 Å². The molecule has 0 saturated heterocycles. The van der Waals surface area contributed by atoms with Crippen LogP contribution in [0.5, 0.6) is 0 Å². The highest BCUT2D eigenvalue weighted by Gasteiger charge is 2.45. The van der Waals surface area contributed by atoms with Gasteiger partial charge in [-0.2, -0.15) is 0 Å². The van der Waals surface area contributed by atoms with Crippen LogP contribution in [0, 0.1) is 5.82 Å². The first kappa shape index (κ1) is 17.2. The summed E-state index contributed by atoms with van der Waals surface area (Å²) in [6, 6.07) is 6.98. The summed E-state index contributed by atoms with van der Waals surface area (Å²) in [6.45, 7) is 3.55.